The average molecular weight is 402 g/mol. The number of aromatic nitrogens is 3. The van der Waals surface area contributed by atoms with Gasteiger partial charge in [0.2, 0.25) is 5.91 Å². The number of amides is 2. The van der Waals surface area contributed by atoms with Crippen LogP contribution >= 0.6 is 11.6 Å². The molecule has 0 radical (unpaired) electrons. The van der Waals surface area contributed by atoms with E-state index in [1.165, 1.54) is 4.90 Å². The molecule has 2 amide bonds. The van der Waals surface area contributed by atoms with Gasteiger partial charge in [-0.05, 0) is 37.6 Å². The molecule has 0 fully saturated rings. The fraction of sp³-hybridized carbons (Fsp3) is 0.263. The summed E-state index contributed by atoms with van der Waals surface area (Å²) >= 11 is 5.51. The molecule has 0 spiro atoms. The highest BCUT2D eigenvalue weighted by atomic mass is 35.5. The lowest BCUT2D eigenvalue weighted by Gasteiger charge is -2.19. The number of ether oxygens (including phenoxy) is 1. The summed E-state index contributed by atoms with van der Waals surface area (Å²) in [6.45, 7) is 3.59. The second kappa shape index (κ2) is 8.26. The lowest BCUT2D eigenvalue weighted by Crippen LogP contribution is -2.29. The summed E-state index contributed by atoms with van der Waals surface area (Å²) < 4.78 is 6.87. The van der Waals surface area contributed by atoms with Crippen molar-refractivity contribution in [3.05, 3.63) is 42.9 Å². The molecule has 3 rings (SSSR count). The molecule has 0 aromatic carbocycles. The third kappa shape index (κ3) is 4.40. The molecule has 3 aromatic heterocycles. The number of carbonyl (C=O) groups excluding carboxylic acids is 2. The van der Waals surface area contributed by atoms with Gasteiger partial charge >= 0.3 is 6.09 Å². The SMILES string of the molecule is CC(C)OC(=O)N(C)c1cncc(-c2ccn3nc(NC(=O)CCl)cc3c2)c1. The van der Waals surface area contributed by atoms with Gasteiger partial charge in [0.1, 0.15) is 5.88 Å². The number of fused-ring (bicyclic) bond motifs is 1. The molecule has 3 heterocycles. The minimum absolute atomic E-state index is 0.135. The van der Waals surface area contributed by atoms with Crippen LogP contribution in [0.3, 0.4) is 0 Å². The summed E-state index contributed by atoms with van der Waals surface area (Å²) in [6, 6.07) is 7.39. The van der Waals surface area contributed by atoms with E-state index in [0.29, 0.717) is 11.5 Å². The van der Waals surface area contributed by atoms with E-state index >= 15 is 0 Å². The van der Waals surface area contributed by atoms with E-state index in [2.05, 4.69) is 15.4 Å². The van der Waals surface area contributed by atoms with E-state index in [4.69, 9.17) is 16.3 Å². The molecule has 28 heavy (non-hydrogen) atoms. The van der Waals surface area contributed by atoms with Gasteiger partial charge in [-0.1, -0.05) is 0 Å². The summed E-state index contributed by atoms with van der Waals surface area (Å²) in [5.41, 5.74) is 3.13. The summed E-state index contributed by atoms with van der Waals surface area (Å²) in [4.78, 5) is 29.2. The molecular weight excluding hydrogens is 382 g/mol. The Kier molecular flexibility index (Phi) is 5.79. The lowest BCUT2D eigenvalue weighted by molar-refractivity contribution is -0.113. The van der Waals surface area contributed by atoms with Crippen LogP contribution in [0.25, 0.3) is 16.6 Å². The molecule has 0 saturated carbocycles. The van der Waals surface area contributed by atoms with E-state index in [0.717, 1.165) is 16.6 Å². The second-order valence-electron chi connectivity index (χ2n) is 6.42. The molecule has 0 aliphatic rings. The van der Waals surface area contributed by atoms with E-state index in [9.17, 15) is 9.59 Å². The van der Waals surface area contributed by atoms with Gasteiger partial charge in [0.25, 0.3) is 0 Å². The zero-order valence-electron chi connectivity index (χ0n) is 15.7. The Labute approximate surface area is 167 Å². The lowest BCUT2D eigenvalue weighted by atomic mass is 10.1. The fourth-order valence-corrected chi connectivity index (χ4v) is 2.63. The summed E-state index contributed by atoms with van der Waals surface area (Å²) in [5.74, 6) is -0.0333. The van der Waals surface area contributed by atoms with Gasteiger partial charge < -0.3 is 10.1 Å². The van der Waals surface area contributed by atoms with Gasteiger partial charge in [0.05, 0.1) is 23.5 Å². The van der Waals surface area contributed by atoms with Crippen LogP contribution in [0.5, 0.6) is 0 Å². The Balaban J connectivity index is 1.88. The quantitative estimate of drug-likeness (QED) is 0.660. The monoisotopic (exact) mass is 401 g/mol. The Morgan fingerprint density at radius 3 is 2.75 bits per heavy atom. The van der Waals surface area contributed by atoms with E-state index in [1.807, 2.05) is 18.2 Å². The predicted octanol–water partition coefficient (Wildman–Crippen LogP) is 3.55. The summed E-state index contributed by atoms with van der Waals surface area (Å²) in [7, 11) is 1.64. The largest absolute Gasteiger partial charge is 0.446 e. The number of pyridine rings is 2. The molecular formula is C19H20ClN5O3. The van der Waals surface area contributed by atoms with Gasteiger partial charge in [0.15, 0.2) is 5.82 Å². The van der Waals surface area contributed by atoms with Crippen LogP contribution in [-0.4, -0.2) is 45.6 Å². The molecule has 9 heteroatoms. The van der Waals surface area contributed by atoms with Gasteiger partial charge in [0, 0.05) is 31.1 Å². The van der Waals surface area contributed by atoms with Crippen molar-refractivity contribution < 1.29 is 14.3 Å². The number of halogens is 1. The molecule has 0 bridgehead atoms. The van der Waals surface area contributed by atoms with Crippen molar-refractivity contribution in [2.24, 2.45) is 0 Å². The van der Waals surface area contributed by atoms with Crippen molar-refractivity contribution in [1.29, 1.82) is 0 Å². The summed E-state index contributed by atoms with van der Waals surface area (Å²) in [6.07, 6.45) is 4.44. The Bertz CT molecular complexity index is 1020. The third-order valence-electron chi connectivity index (χ3n) is 3.91. The average Bonchev–Trinajstić information content (AvgIpc) is 3.08. The smallest absolute Gasteiger partial charge is 0.414 e. The number of hydrogen-bond acceptors (Lipinski definition) is 5. The number of alkyl halides is 1. The van der Waals surface area contributed by atoms with E-state index < -0.39 is 6.09 Å². The molecule has 0 aliphatic heterocycles. The van der Waals surface area contributed by atoms with E-state index in [1.54, 1.807) is 50.1 Å². The highest BCUT2D eigenvalue weighted by molar-refractivity contribution is 6.29. The normalized spacial score (nSPS) is 10.9. The van der Waals surface area contributed by atoms with Crippen molar-refractivity contribution in [3.8, 4) is 11.1 Å². The topological polar surface area (TPSA) is 88.8 Å². The maximum absolute atomic E-state index is 12.1. The summed E-state index contributed by atoms with van der Waals surface area (Å²) in [5, 5.41) is 6.89. The molecule has 0 aliphatic carbocycles. The van der Waals surface area contributed by atoms with Crippen LogP contribution in [-0.2, 0) is 9.53 Å². The minimum Gasteiger partial charge on any atom is -0.446 e. The van der Waals surface area contributed by atoms with E-state index in [-0.39, 0.29) is 17.9 Å². The zero-order chi connectivity index (χ0) is 20.3. The van der Waals surface area contributed by atoms with Gasteiger partial charge in [-0.2, -0.15) is 5.10 Å². The van der Waals surface area contributed by atoms with Crippen molar-refractivity contribution in [1.82, 2.24) is 14.6 Å². The first-order valence-corrected chi connectivity index (χ1v) is 9.16. The van der Waals surface area contributed by atoms with Crippen LogP contribution < -0.4 is 10.2 Å². The number of anilines is 2. The number of hydrogen-bond donors (Lipinski definition) is 1. The van der Waals surface area contributed by atoms with Crippen molar-refractivity contribution in [2.75, 3.05) is 23.1 Å². The Morgan fingerprint density at radius 2 is 2.04 bits per heavy atom. The number of nitrogens with zero attached hydrogens (tertiary/aromatic N) is 4. The van der Waals surface area contributed by atoms with Gasteiger partial charge in [-0.25, -0.2) is 9.31 Å². The molecule has 1 N–H and O–H groups in total. The van der Waals surface area contributed by atoms with Gasteiger partial charge in [-0.15, -0.1) is 11.6 Å². The van der Waals surface area contributed by atoms with Crippen molar-refractivity contribution in [2.45, 2.75) is 20.0 Å². The Hall–Kier alpha value is -3.13. The maximum Gasteiger partial charge on any atom is 0.414 e. The number of nitrogens with one attached hydrogen (secondary N) is 1. The fourth-order valence-electron chi connectivity index (χ4n) is 2.57. The first-order chi connectivity index (χ1) is 13.4. The maximum atomic E-state index is 12.1. The first-order valence-electron chi connectivity index (χ1n) is 8.62. The van der Waals surface area contributed by atoms with Crippen LogP contribution in [0.2, 0.25) is 0 Å². The molecule has 0 atom stereocenters. The standard InChI is InChI=1S/C19H20ClN5O3/c1-12(2)28-19(27)24(3)16-7-14(10-21-11-16)13-4-5-25-15(6-13)8-17(23-25)22-18(26)9-20/h4-8,10-12H,9H2,1-3H3,(H,22,23,26). The Morgan fingerprint density at radius 1 is 1.25 bits per heavy atom. The second-order valence-corrected chi connectivity index (χ2v) is 6.69. The van der Waals surface area contributed by atoms with Crippen molar-refractivity contribution >= 4 is 40.6 Å². The third-order valence-corrected chi connectivity index (χ3v) is 4.15. The van der Waals surface area contributed by atoms with Crippen LogP contribution in [0.4, 0.5) is 16.3 Å². The molecule has 146 valence electrons. The van der Waals surface area contributed by atoms with Crippen LogP contribution in [0, 0.1) is 0 Å². The molecule has 0 unspecified atom stereocenters. The first kappa shape index (κ1) is 19.6. The molecule has 8 nitrogen and oxygen atoms in total. The highest BCUT2D eigenvalue weighted by Crippen LogP contribution is 2.25. The molecule has 0 saturated heterocycles. The predicted molar refractivity (Wildman–Crippen MR) is 108 cm³/mol. The number of rotatable bonds is 5. The zero-order valence-corrected chi connectivity index (χ0v) is 16.5. The molecule has 3 aromatic rings. The minimum atomic E-state index is -0.445. The number of carbonyl (C=O) groups is 2. The van der Waals surface area contributed by atoms with Crippen LogP contribution in [0.1, 0.15) is 13.8 Å². The highest BCUT2D eigenvalue weighted by Gasteiger charge is 2.15. The van der Waals surface area contributed by atoms with Crippen LogP contribution in [0.15, 0.2) is 42.9 Å². The van der Waals surface area contributed by atoms with Gasteiger partial charge in [-0.3, -0.25) is 14.7 Å². The van der Waals surface area contributed by atoms with Crippen molar-refractivity contribution in [3.63, 3.8) is 0 Å².